The zero-order valence-corrected chi connectivity index (χ0v) is 11.2. The first-order valence-electron chi connectivity index (χ1n) is 5.92. The Balaban J connectivity index is 2.20. The number of rotatable bonds is 2. The Morgan fingerprint density at radius 2 is 2.10 bits per heavy atom. The summed E-state index contributed by atoms with van der Waals surface area (Å²) in [6.45, 7) is 1.57. The van der Waals surface area contributed by atoms with Crippen molar-refractivity contribution in [3.05, 3.63) is 17.5 Å². The number of carbonyl (C=O) groups excluding carboxylic acids is 2. The molecule has 1 aromatic rings. The first-order chi connectivity index (χ1) is 9.74. The van der Waals surface area contributed by atoms with E-state index >= 15 is 0 Å². The van der Waals surface area contributed by atoms with Gasteiger partial charge in [-0.2, -0.15) is 18.3 Å². The van der Waals surface area contributed by atoms with Crippen LogP contribution in [0.3, 0.4) is 0 Å². The van der Waals surface area contributed by atoms with Gasteiger partial charge in [-0.15, -0.1) is 5.06 Å². The van der Waals surface area contributed by atoms with Gasteiger partial charge in [0.15, 0.2) is 0 Å². The normalized spacial score (nSPS) is 19.0. The smallest absolute Gasteiger partial charge is 0.465 e. The Labute approximate surface area is 117 Å². The molecule has 7 nitrogen and oxygen atoms in total. The first kappa shape index (κ1) is 15.3. The second-order valence-electron chi connectivity index (χ2n) is 4.48. The fraction of sp³-hybridized carbons (Fsp3) is 0.545. The maximum Gasteiger partial charge on any atom is 0.492 e. The van der Waals surface area contributed by atoms with Crippen molar-refractivity contribution >= 4 is 11.9 Å². The third-order valence-electron chi connectivity index (χ3n) is 3.02. The van der Waals surface area contributed by atoms with E-state index in [1.165, 1.54) is 18.0 Å². The minimum absolute atomic E-state index is 0.123. The largest absolute Gasteiger partial charge is 0.492 e. The maximum absolute atomic E-state index is 12.2. The highest BCUT2D eigenvalue weighted by Crippen LogP contribution is 2.24. The molecule has 0 bridgehead atoms. The predicted octanol–water partition coefficient (Wildman–Crippen LogP) is 0.894. The number of nitrogens with zero attached hydrogens (tertiary/aromatic N) is 3. The zero-order valence-electron chi connectivity index (χ0n) is 11.2. The Hall–Kier alpha value is -2.10. The summed E-state index contributed by atoms with van der Waals surface area (Å²) in [7, 11) is 1.18. The molecular weight excluding hydrogens is 295 g/mol. The zero-order chi connectivity index (χ0) is 15.8. The molecule has 10 heteroatoms. The van der Waals surface area contributed by atoms with Crippen LogP contribution in [0.1, 0.15) is 23.0 Å². The number of alkyl halides is 3. The van der Waals surface area contributed by atoms with Crippen LogP contribution in [0, 0.1) is 0 Å². The molecule has 0 fully saturated rings. The standard InChI is InChI=1S/C11H12F3N3O4/c1-6-4-16-8(7(3-15-16)9(18)20-2)5-17(6)21-10(19)11(12,13)14/h3,6H,4-5H2,1-2H3/t6-/m0/s1. The Morgan fingerprint density at radius 3 is 2.67 bits per heavy atom. The highest BCUT2D eigenvalue weighted by molar-refractivity contribution is 5.90. The van der Waals surface area contributed by atoms with Crippen LogP contribution >= 0.6 is 0 Å². The van der Waals surface area contributed by atoms with Crippen LogP contribution in [-0.2, 0) is 27.5 Å². The summed E-state index contributed by atoms with van der Waals surface area (Å²) in [5.41, 5.74) is 0.451. The van der Waals surface area contributed by atoms with Gasteiger partial charge >= 0.3 is 18.1 Å². The highest BCUT2D eigenvalue weighted by atomic mass is 19.4. The summed E-state index contributed by atoms with van der Waals surface area (Å²) in [5.74, 6) is -2.96. The second-order valence-corrected chi connectivity index (χ2v) is 4.48. The van der Waals surface area contributed by atoms with Crippen molar-refractivity contribution in [2.24, 2.45) is 0 Å². The number of halogens is 3. The highest BCUT2D eigenvalue weighted by Gasteiger charge is 2.44. The number of fused-ring (bicyclic) bond motifs is 1. The van der Waals surface area contributed by atoms with Crippen LogP contribution in [0.5, 0.6) is 0 Å². The van der Waals surface area contributed by atoms with Crippen molar-refractivity contribution < 1.29 is 32.3 Å². The van der Waals surface area contributed by atoms with Crippen LogP contribution in [0.15, 0.2) is 6.20 Å². The summed E-state index contributed by atoms with van der Waals surface area (Å²) in [5, 5.41) is 4.84. The van der Waals surface area contributed by atoms with Gasteiger partial charge in [0.25, 0.3) is 0 Å². The molecule has 0 aromatic carbocycles. The van der Waals surface area contributed by atoms with E-state index < -0.39 is 24.2 Å². The number of ether oxygens (including phenoxy) is 1. The molecule has 0 saturated heterocycles. The molecular formula is C11H12F3N3O4. The second kappa shape index (κ2) is 5.35. The van der Waals surface area contributed by atoms with Crippen molar-refractivity contribution in [2.75, 3.05) is 7.11 Å². The number of hydroxylamine groups is 2. The summed E-state index contributed by atoms with van der Waals surface area (Å²) < 4.78 is 42.7. The fourth-order valence-electron chi connectivity index (χ4n) is 1.94. The van der Waals surface area contributed by atoms with Gasteiger partial charge in [-0.25, -0.2) is 9.59 Å². The molecule has 0 aliphatic carbocycles. The molecule has 0 unspecified atom stereocenters. The minimum atomic E-state index is -5.08. The molecule has 0 N–H and O–H groups in total. The molecule has 21 heavy (non-hydrogen) atoms. The number of aromatic nitrogens is 2. The third kappa shape index (κ3) is 2.99. The molecule has 1 aliphatic rings. The van der Waals surface area contributed by atoms with Crippen molar-refractivity contribution in [1.29, 1.82) is 0 Å². The average molecular weight is 307 g/mol. The first-order valence-corrected chi connectivity index (χ1v) is 5.92. The molecule has 0 radical (unpaired) electrons. The lowest BCUT2D eigenvalue weighted by atomic mass is 10.2. The number of hydrogen-bond donors (Lipinski definition) is 0. The van der Waals surface area contributed by atoms with E-state index in [9.17, 15) is 22.8 Å². The topological polar surface area (TPSA) is 73.7 Å². The van der Waals surface area contributed by atoms with Crippen LogP contribution in [0.25, 0.3) is 0 Å². The van der Waals surface area contributed by atoms with Gasteiger partial charge in [0.05, 0.1) is 38.1 Å². The molecule has 0 spiro atoms. The number of esters is 1. The molecule has 0 saturated carbocycles. The lowest BCUT2D eigenvalue weighted by Crippen LogP contribution is -2.45. The van der Waals surface area contributed by atoms with Gasteiger partial charge in [-0.05, 0) is 6.92 Å². The number of carbonyl (C=O) groups is 2. The Bertz CT molecular complexity index is 570. The molecule has 1 aromatic heterocycles. The van der Waals surface area contributed by atoms with E-state index in [0.717, 1.165) is 5.06 Å². The SMILES string of the molecule is COC(=O)c1cnn2c1CN(OC(=O)C(F)(F)F)[C@@H](C)C2. The molecule has 1 atom stereocenters. The monoisotopic (exact) mass is 307 g/mol. The summed E-state index contributed by atoms with van der Waals surface area (Å²) in [4.78, 5) is 26.8. The van der Waals surface area contributed by atoms with Gasteiger partial charge in [0.2, 0.25) is 0 Å². The minimum Gasteiger partial charge on any atom is -0.465 e. The van der Waals surface area contributed by atoms with Crippen LogP contribution in [0.2, 0.25) is 0 Å². The van der Waals surface area contributed by atoms with E-state index in [1.54, 1.807) is 6.92 Å². The third-order valence-corrected chi connectivity index (χ3v) is 3.02. The van der Waals surface area contributed by atoms with E-state index in [1.807, 2.05) is 0 Å². The average Bonchev–Trinajstić information content (AvgIpc) is 2.79. The summed E-state index contributed by atoms with van der Waals surface area (Å²) >= 11 is 0. The van der Waals surface area contributed by atoms with Gasteiger partial charge in [-0.1, -0.05) is 0 Å². The van der Waals surface area contributed by atoms with Gasteiger partial charge in [0.1, 0.15) is 5.56 Å². The Kier molecular flexibility index (Phi) is 3.90. The predicted molar refractivity (Wildman–Crippen MR) is 60.7 cm³/mol. The maximum atomic E-state index is 12.2. The van der Waals surface area contributed by atoms with Crippen LogP contribution in [-0.4, -0.2) is 46.1 Å². The molecule has 116 valence electrons. The van der Waals surface area contributed by atoms with Gasteiger partial charge in [0, 0.05) is 0 Å². The van der Waals surface area contributed by atoms with E-state index in [-0.39, 0.29) is 18.7 Å². The van der Waals surface area contributed by atoms with Crippen molar-refractivity contribution in [1.82, 2.24) is 14.8 Å². The van der Waals surface area contributed by atoms with Crippen LogP contribution in [0.4, 0.5) is 13.2 Å². The van der Waals surface area contributed by atoms with E-state index in [4.69, 9.17) is 0 Å². The lowest BCUT2D eigenvalue weighted by molar-refractivity contribution is -0.251. The Morgan fingerprint density at radius 1 is 1.43 bits per heavy atom. The molecule has 2 rings (SSSR count). The summed E-state index contributed by atoms with van der Waals surface area (Å²) in [6.07, 6.45) is -3.81. The van der Waals surface area contributed by atoms with Gasteiger partial charge in [-0.3, -0.25) is 4.68 Å². The number of hydrogen-bond acceptors (Lipinski definition) is 6. The van der Waals surface area contributed by atoms with Gasteiger partial charge < -0.3 is 9.57 Å². The number of methoxy groups -OCH3 is 1. The summed E-state index contributed by atoms with van der Waals surface area (Å²) in [6, 6.07) is -0.519. The molecule has 0 amide bonds. The van der Waals surface area contributed by atoms with E-state index in [2.05, 4.69) is 14.7 Å². The molecule has 1 aliphatic heterocycles. The fourth-order valence-corrected chi connectivity index (χ4v) is 1.94. The van der Waals surface area contributed by atoms with E-state index in [0.29, 0.717) is 5.69 Å². The quantitative estimate of drug-likeness (QED) is 0.756. The van der Waals surface area contributed by atoms with Crippen molar-refractivity contribution in [2.45, 2.75) is 32.2 Å². The molecule has 2 heterocycles. The van der Waals surface area contributed by atoms with Crippen molar-refractivity contribution in [3.8, 4) is 0 Å². The van der Waals surface area contributed by atoms with Crippen molar-refractivity contribution in [3.63, 3.8) is 0 Å². The lowest BCUT2D eigenvalue weighted by Gasteiger charge is -2.32. The van der Waals surface area contributed by atoms with Crippen LogP contribution < -0.4 is 0 Å².